The van der Waals surface area contributed by atoms with Crippen LogP contribution in [-0.2, 0) is 5.41 Å². The van der Waals surface area contributed by atoms with Gasteiger partial charge >= 0.3 is 0 Å². The minimum Gasteiger partial charge on any atom is -0.508 e. The molecule has 0 radical (unpaired) electrons. The number of nitrogens with one attached hydrogen (secondary N) is 1. The normalized spacial score (nSPS) is 13.3. The zero-order chi connectivity index (χ0) is 18.9. The highest BCUT2D eigenvalue weighted by Gasteiger charge is 2.41. The molecule has 4 heteroatoms. The van der Waals surface area contributed by atoms with Crippen molar-refractivity contribution in [3.05, 3.63) is 106 Å². The molecule has 0 unspecified atom stereocenters. The molecule has 2 aromatic heterocycles. The van der Waals surface area contributed by atoms with Gasteiger partial charge in [-0.15, -0.1) is 0 Å². The minimum absolute atomic E-state index is 0.251. The molecule has 0 bridgehead atoms. The number of phenolic OH excluding ortho intramolecular Hbond substituents is 1. The highest BCUT2D eigenvalue weighted by Crippen LogP contribution is 2.48. The molecule has 1 atom stereocenters. The van der Waals surface area contributed by atoms with Crippen LogP contribution in [0, 0.1) is 6.92 Å². The standard InChI is InChI=1S/C23H21NO2S/c1-16-7-12-22(24-16)23(18-13-14-27-15-18,17-8-10-19(25)11-9-17)20-5-3-4-6-21(20)26-2/h3-15,24-25H,1-2H3/t23-/m0/s1. The van der Waals surface area contributed by atoms with Gasteiger partial charge in [0, 0.05) is 17.0 Å². The van der Waals surface area contributed by atoms with Gasteiger partial charge in [-0.3, -0.25) is 0 Å². The predicted molar refractivity (Wildman–Crippen MR) is 110 cm³/mol. The zero-order valence-corrected chi connectivity index (χ0v) is 16.1. The molecule has 0 aliphatic carbocycles. The molecule has 4 aromatic rings. The van der Waals surface area contributed by atoms with E-state index in [1.54, 1.807) is 30.6 Å². The van der Waals surface area contributed by atoms with Crippen LogP contribution in [0.15, 0.2) is 77.5 Å². The van der Waals surface area contributed by atoms with Crippen molar-refractivity contribution in [3.63, 3.8) is 0 Å². The van der Waals surface area contributed by atoms with Crippen LogP contribution >= 0.6 is 11.3 Å². The van der Waals surface area contributed by atoms with E-state index in [0.717, 1.165) is 33.8 Å². The second kappa shape index (κ2) is 6.97. The number of phenols is 1. The summed E-state index contributed by atoms with van der Waals surface area (Å²) >= 11 is 1.67. The van der Waals surface area contributed by atoms with Crippen LogP contribution < -0.4 is 4.74 Å². The molecule has 0 saturated heterocycles. The lowest BCUT2D eigenvalue weighted by Gasteiger charge is -2.35. The smallest absolute Gasteiger partial charge is 0.123 e. The molecule has 27 heavy (non-hydrogen) atoms. The molecule has 0 aliphatic heterocycles. The molecule has 2 heterocycles. The summed E-state index contributed by atoms with van der Waals surface area (Å²) in [7, 11) is 1.70. The molecule has 0 fully saturated rings. The zero-order valence-electron chi connectivity index (χ0n) is 15.3. The van der Waals surface area contributed by atoms with Crippen molar-refractivity contribution < 1.29 is 9.84 Å². The number of aromatic nitrogens is 1. The fourth-order valence-corrected chi connectivity index (χ4v) is 4.51. The second-order valence-electron chi connectivity index (χ2n) is 6.56. The Labute approximate surface area is 162 Å². The Morgan fingerprint density at radius 2 is 1.70 bits per heavy atom. The number of rotatable bonds is 5. The fraction of sp³-hybridized carbons (Fsp3) is 0.130. The fourth-order valence-electron chi connectivity index (χ4n) is 3.80. The maximum Gasteiger partial charge on any atom is 0.123 e. The van der Waals surface area contributed by atoms with E-state index in [1.807, 2.05) is 30.3 Å². The van der Waals surface area contributed by atoms with Crippen molar-refractivity contribution >= 4 is 11.3 Å². The van der Waals surface area contributed by atoms with Gasteiger partial charge in [0.05, 0.1) is 12.5 Å². The average Bonchev–Trinajstić information content (AvgIpc) is 3.37. The summed E-state index contributed by atoms with van der Waals surface area (Å²) in [5, 5.41) is 14.1. The van der Waals surface area contributed by atoms with Gasteiger partial charge in [-0.2, -0.15) is 11.3 Å². The van der Waals surface area contributed by atoms with Gasteiger partial charge in [0.25, 0.3) is 0 Å². The predicted octanol–water partition coefficient (Wildman–Crippen LogP) is 5.48. The second-order valence-corrected chi connectivity index (χ2v) is 7.34. The van der Waals surface area contributed by atoms with Crippen molar-refractivity contribution in [2.75, 3.05) is 7.11 Å². The third-order valence-corrected chi connectivity index (χ3v) is 5.68. The van der Waals surface area contributed by atoms with Gasteiger partial charge in [0.1, 0.15) is 11.5 Å². The van der Waals surface area contributed by atoms with Crippen molar-refractivity contribution in [1.82, 2.24) is 4.98 Å². The molecule has 2 aromatic carbocycles. The Kier molecular flexibility index (Phi) is 4.50. The van der Waals surface area contributed by atoms with E-state index >= 15 is 0 Å². The van der Waals surface area contributed by atoms with Gasteiger partial charge in [-0.05, 0) is 65.2 Å². The Bertz CT molecular complexity index is 1030. The third-order valence-electron chi connectivity index (χ3n) is 5.00. The average molecular weight is 375 g/mol. The lowest BCUT2D eigenvalue weighted by Crippen LogP contribution is -2.31. The van der Waals surface area contributed by atoms with E-state index in [9.17, 15) is 5.11 Å². The molecule has 0 saturated carbocycles. The highest BCUT2D eigenvalue weighted by atomic mass is 32.1. The van der Waals surface area contributed by atoms with Crippen LogP contribution in [0.2, 0.25) is 0 Å². The highest BCUT2D eigenvalue weighted by molar-refractivity contribution is 7.08. The van der Waals surface area contributed by atoms with Crippen LogP contribution in [0.4, 0.5) is 0 Å². The Balaban J connectivity index is 2.14. The number of hydrogen-bond donors (Lipinski definition) is 2. The van der Waals surface area contributed by atoms with E-state index in [1.165, 1.54) is 0 Å². The lowest BCUT2D eigenvalue weighted by atomic mass is 9.68. The van der Waals surface area contributed by atoms with E-state index in [4.69, 9.17) is 4.74 Å². The van der Waals surface area contributed by atoms with Crippen molar-refractivity contribution in [1.29, 1.82) is 0 Å². The summed E-state index contributed by atoms with van der Waals surface area (Å²) in [5.41, 5.74) is 4.86. The van der Waals surface area contributed by atoms with Crippen LogP contribution in [0.3, 0.4) is 0 Å². The number of aryl methyl sites for hydroxylation is 1. The summed E-state index contributed by atoms with van der Waals surface area (Å²) in [6, 6.07) is 21.9. The number of methoxy groups -OCH3 is 1. The van der Waals surface area contributed by atoms with Crippen LogP contribution in [0.1, 0.15) is 28.1 Å². The Morgan fingerprint density at radius 3 is 2.33 bits per heavy atom. The Hall–Kier alpha value is -2.98. The number of aromatic amines is 1. The first-order valence-electron chi connectivity index (χ1n) is 8.78. The Morgan fingerprint density at radius 1 is 0.926 bits per heavy atom. The lowest BCUT2D eigenvalue weighted by molar-refractivity contribution is 0.404. The summed E-state index contributed by atoms with van der Waals surface area (Å²) in [5.74, 6) is 1.07. The van der Waals surface area contributed by atoms with E-state index in [-0.39, 0.29) is 5.75 Å². The van der Waals surface area contributed by atoms with E-state index < -0.39 is 5.41 Å². The van der Waals surface area contributed by atoms with E-state index in [0.29, 0.717) is 0 Å². The first-order valence-corrected chi connectivity index (χ1v) is 9.72. The van der Waals surface area contributed by atoms with Crippen LogP contribution in [-0.4, -0.2) is 17.2 Å². The third kappa shape index (κ3) is 2.82. The van der Waals surface area contributed by atoms with Crippen LogP contribution in [0.5, 0.6) is 11.5 Å². The number of para-hydroxylation sites is 1. The SMILES string of the molecule is COc1ccccc1[C@](c1ccc(O)cc1)(c1ccsc1)c1ccc(C)[nH]1. The largest absolute Gasteiger partial charge is 0.508 e. The molecule has 4 rings (SSSR count). The molecular weight excluding hydrogens is 354 g/mol. The van der Waals surface area contributed by atoms with Gasteiger partial charge in [0.15, 0.2) is 0 Å². The molecule has 0 aliphatic rings. The van der Waals surface area contributed by atoms with Crippen LogP contribution in [0.25, 0.3) is 0 Å². The quantitative estimate of drug-likeness (QED) is 0.485. The minimum atomic E-state index is -0.575. The van der Waals surface area contributed by atoms with Gasteiger partial charge in [-0.25, -0.2) is 0 Å². The molecule has 0 amide bonds. The summed E-state index contributed by atoms with van der Waals surface area (Å²) in [6.07, 6.45) is 0. The number of aromatic hydroxyl groups is 1. The van der Waals surface area contributed by atoms with Gasteiger partial charge < -0.3 is 14.8 Å². The maximum atomic E-state index is 9.87. The summed E-state index contributed by atoms with van der Waals surface area (Å²) < 4.78 is 5.76. The van der Waals surface area contributed by atoms with Crippen molar-refractivity contribution in [3.8, 4) is 11.5 Å². The van der Waals surface area contributed by atoms with Crippen molar-refractivity contribution in [2.45, 2.75) is 12.3 Å². The molecule has 3 nitrogen and oxygen atoms in total. The van der Waals surface area contributed by atoms with Crippen molar-refractivity contribution in [2.24, 2.45) is 0 Å². The molecular formula is C23H21NO2S. The number of ether oxygens (including phenoxy) is 1. The topological polar surface area (TPSA) is 45.2 Å². The van der Waals surface area contributed by atoms with Gasteiger partial charge in [0.2, 0.25) is 0 Å². The number of hydrogen-bond acceptors (Lipinski definition) is 3. The van der Waals surface area contributed by atoms with E-state index in [2.05, 4.69) is 46.9 Å². The number of benzene rings is 2. The molecule has 0 spiro atoms. The first-order chi connectivity index (χ1) is 13.2. The first kappa shape index (κ1) is 17.4. The number of H-pyrrole nitrogens is 1. The monoisotopic (exact) mass is 375 g/mol. The van der Waals surface area contributed by atoms with Gasteiger partial charge in [-0.1, -0.05) is 30.3 Å². The summed E-state index contributed by atoms with van der Waals surface area (Å²) in [4.78, 5) is 3.55. The molecule has 2 N–H and O–H groups in total. The molecule has 136 valence electrons. The summed E-state index contributed by atoms with van der Waals surface area (Å²) in [6.45, 7) is 2.06. The maximum absolute atomic E-state index is 9.87. The number of thiophene rings is 1.